The predicted molar refractivity (Wildman–Crippen MR) is 58.9 cm³/mol. The molecule has 0 saturated heterocycles. The molecule has 0 heterocycles. The summed E-state index contributed by atoms with van der Waals surface area (Å²) in [6.07, 6.45) is -5.91. The molecule has 0 unspecified atom stereocenters. The van der Waals surface area contributed by atoms with Crippen LogP contribution in [0.3, 0.4) is 0 Å². The summed E-state index contributed by atoms with van der Waals surface area (Å²) in [5.74, 6) is -8.31. The van der Waals surface area contributed by atoms with Gasteiger partial charge in [-0.3, -0.25) is 4.79 Å². The average Bonchev–Trinajstić information content (AvgIpc) is 2.30. The van der Waals surface area contributed by atoms with Gasteiger partial charge in [0.05, 0.1) is 0 Å². The first-order valence-electron chi connectivity index (χ1n) is 5.53. The van der Waals surface area contributed by atoms with E-state index in [1.165, 1.54) is 17.4 Å². The lowest BCUT2D eigenvalue weighted by molar-refractivity contribution is -0.269. The minimum Gasteiger partial charge on any atom is -0.350 e. The van der Waals surface area contributed by atoms with Crippen LogP contribution >= 0.6 is 0 Å². The molecule has 0 atom stereocenters. The van der Waals surface area contributed by atoms with Crippen LogP contribution in [0.5, 0.6) is 0 Å². The van der Waals surface area contributed by atoms with Gasteiger partial charge in [-0.2, -0.15) is 22.0 Å². The van der Waals surface area contributed by atoms with E-state index >= 15 is 0 Å². The molecule has 0 aliphatic carbocycles. The van der Waals surface area contributed by atoms with Gasteiger partial charge in [-0.1, -0.05) is 6.07 Å². The Kier molecular flexibility index (Phi) is 4.67. The Morgan fingerprint density at radius 3 is 2.30 bits per heavy atom. The van der Waals surface area contributed by atoms with Crippen molar-refractivity contribution in [2.45, 2.75) is 25.4 Å². The molecule has 1 aromatic rings. The van der Waals surface area contributed by atoms with Crippen LogP contribution in [0.4, 0.5) is 26.3 Å². The Bertz CT molecular complexity index is 497. The number of amides is 1. The molecule has 0 aliphatic rings. The van der Waals surface area contributed by atoms with Crippen LogP contribution in [0.25, 0.3) is 0 Å². The maximum Gasteiger partial charge on any atom is 0.463 e. The lowest BCUT2D eigenvalue weighted by atomic mass is 10.1. The van der Waals surface area contributed by atoms with Gasteiger partial charge in [-0.15, -0.1) is 0 Å². The molecule has 20 heavy (non-hydrogen) atoms. The SMILES string of the molecule is Cc1cc(F)ccc1CCNC(=O)C(F)(F)C(F)(F)F. The smallest absolute Gasteiger partial charge is 0.350 e. The largest absolute Gasteiger partial charge is 0.463 e. The third-order valence-electron chi connectivity index (χ3n) is 2.63. The molecule has 0 bridgehead atoms. The Morgan fingerprint density at radius 1 is 1.20 bits per heavy atom. The molecule has 1 amide bonds. The van der Waals surface area contributed by atoms with Gasteiger partial charge < -0.3 is 5.32 Å². The Balaban J connectivity index is 2.59. The van der Waals surface area contributed by atoms with Crippen molar-refractivity contribution in [3.05, 3.63) is 35.1 Å². The molecule has 1 rings (SSSR count). The summed E-state index contributed by atoms with van der Waals surface area (Å²) in [5.41, 5.74) is 1.06. The highest BCUT2D eigenvalue weighted by Gasteiger charge is 2.63. The minimum atomic E-state index is -5.93. The van der Waals surface area contributed by atoms with Crippen molar-refractivity contribution in [1.29, 1.82) is 0 Å². The van der Waals surface area contributed by atoms with Gasteiger partial charge in [-0.25, -0.2) is 4.39 Å². The number of carbonyl (C=O) groups excluding carboxylic acids is 1. The predicted octanol–water partition coefficient (Wildman–Crippen LogP) is 2.99. The van der Waals surface area contributed by atoms with Gasteiger partial charge in [0.15, 0.2) is 0 Å². The van der Waals surface area contributed by atoms with Gasteiger partial charge in [0.1, 0.15) is 5.82 Å². The number of alkyl halides is 5. The molecule has 112 valence electrons. The second-order valence-electron chi connectivity index (χ2n) is 4.15. The van der Waals surface area contributed by atoms with Crippen molar-refractivity contribution in [3.8, 4) is 0 Å². The van der Waals surface area contributed by atoms with Crippen LogP contribution in [-0.2, 0) is 11.2 Å². The molecule has 0 radical (unpaired) electrons. The summed E-state index contributed by atoms with van der Waals surface area (Å²) < 4.78 is 73.7. The Labute approximate surface area is 110 Å². The molecular weight excluding hydrogens is 288 g/mol. The lowest BCUT2D eigenvalue weighted by Gasteiger charge is -2.18. The molecule has 0 fully saturated rings. The highest BCUT2D eigenvalue weighted by atomic mass is 19.4. The Morgan fingerprint density at radius 2 is 1.80 bits per heavy atom. The van der Waals surface area contributed by atoms with Crippen molar-refractivity contribution in [1.82, 2.24) is 5.32 Å². The summed E-state index contributed by atoms with van der Waals surface area (Å²) in [5, 5.41) is 1.52. The fraction of sp³-hybridized carbons (Fsp3) is 0.417. The van der Waals surface area contributed by atoms with Crippen LogP contribution in [0.15, 0.2) is 18.2 Å². The number of nitrogens with one attached hydrogen (secondary N) is 1. The number of halogens is 6. The minimum absolute atomic E-state index is 0.0196. The monoisotopic (exact) mass is 299 g/mol. The van der Waals surface area contributed by atoms with E-state index < -0.39 is 30.4 Å². The number of hydrogen-bond donors (Lipinski definition) is 1. The molecule has 1 N–H and O–H groups in total. The summed E-state index contributed by atoms with van der Waals surface area (Å²) in [7, 11) is 0. The normalized spacial score (nSPS) is 12.3. The molecule has 2 nitrogen and oxygen atoms in total. The van der Waals surface area contributed by atoms with E-state index in [1.807, 2.05) is 0 Å². The molecule has 8 heteroatoms. The zero-order chi connectivity index (χ0) is 15.6. The number of carbonyl (C=O) groups is 1. The van der Waals surface area contributed by atoms with Gasteiger partial charge in [-0.05, 0) is 36.6 Å². The van der Waals surface area contributed by atoms with Crippen LogP contribution in [-0.4, -0.2) is 24.6 Å². The fourth-order valence-electron chi connectivity index (χ4n) is 1.49. The molecule has 0 aromatic heterocycles. The molecule has 0 aliphatic heterocycles. The second-order valence-corrected chi connectivity index (χ2v) is 4.15. The quantitative estimate of drug-likeness (QED) is 0.851. The van der Waals surface area contributed by atoms with Crippen LogP contribution in [0.1, 0.15) is 11.1 Å². The van der Waals surface area contributed by atoms with Gasteiger partial charge in [0.25, 0.3) is 5.91 Å². The van der Waals surface area contributed by atoms with Crippen molar-refractivity contribution in [2.24, 2.45) is 0 Å². The summed E-state index contributed by atoms with van der Waals surface area (Å²) in [6.45, 7) is 1.15. The third kappa shape index (κ3) is 3.64. The number of aryl methyl sites for hydroxylation is 1. The van der Waals surface area contributed by atoms with E-state index in [-0.39, 0.29) is 6.42 Å². The third-order valence-corrected chi connectivity index (χ3v) is 2.63. The first kappa shape index (κ1) is 16.3. The van der Waals surface area contributed by atoms with E-state index in [9.17, 15) is 31.1 Å². The zero-order valence-corrected chi connectivity index (χ0v) is 10.3. The van der Waals surface area contributed by atoms with E-state index in [4.69, 9.17) is 0 Å². The van der Waals surface area contributed by atoms with Crippen molar-refractivity contribution >= 4 is 5.91 Å². The topological polar surface area (TPSA) is 29.1 Å². The van der Waals surface area contributed by atoms with Gasteiger partial charge in [0, 0.05) is 6.54 Å². The number of benzene rings is 1. The molecular formula is C12H11F6NO. The second kappa shape index (κ2) is 5.72. The molecule has 0 saturated carbocycles. The summed E-state index contributed by atoms with van der Waals surface area (Å²) in [4.78, 5) is 10.8. The van der Waals surface area contributed by atoms with E-state index in [0.717, 1.165) is 6.07 Å². The fourth-order valence-corrected chi connectivity index (χ4v) is 1.49. The number of hydrogen-bond acceptors (Lipinski definition) is 1. The zero-order valence-electron chi connectivity index (χ0n) is 10.3. The van der Waals surface area contributed by atoms with Crippen molar-refractivity contribution < 1.29 is 31.1 Å². The maximum absolute atomic E-state index is 12.8. The molecule has 0 spiro atoms. The molecule has 1 aromatic carbocycles. The summed E-state index contributed by atoms with van der Waals surface area (Å²) in [6, 6.07) is 3.70. The van der Waals surface area contributed by atoms with Gasteiger partial charge in [0.2, 0.25) is 0 Å². The maximum atomic E-state index is 12.8. The highest BCUT2D eigenvalue weighted by Crippen LogP contribution is 2.35. The first-order chi connectivity index (χ1) is 9.05. The van der Waals surface area contributed by atoms with Crippen LogP contribution in [0.2, 0.25) is 0 Å². The highest BCUT2D eigenvalue weighted by molar-refractivity contribution is 5.84. The van der Waals surface area contributed by atoms with Crippen molar-refractivity contribution in [2.75, 3.05) is 6.54 Å². The number of rotatable bonds is 4. The van der Waals surface area contributed by atoms with E-state index in [2.05, 4.69) is 0 Å². The van der Waals surface area contributed by atoms with E-state index in [0.29, 0.717) is 11.1 Å². The lowest BCUT2D eigenvalue weighted by Crippen LogP contribution is -2.50. The standard InChI is InChI=1S/C12H11F6NO/c1-7-6-9(13)3-2-8(7)4-5-19-10(20)11(14,15)12(16,17)18/h2-3,6H,4-5H2,1H3,(H,19,20). The van der Waals surface area contributed by atoms with E-state index in [1.54, 1.807) is 6.92 Å². The first-order valence-corrected chi connectivity index (χ1v) is 5.53. The van der Waals surface area contributed by atoms with Crippen LogP contribution in [0, 0.1) is 12.7 Å². The van der Waals surface area contributed by atoms with Crippen molar-refractivity contribution in [3.63, 3.8) is 0 Å². The van der Waals surface area contributed by atoms with Gasteiger partial charge >= 0.3 is 12.1 Å². The van der Waals surface area contributed by atoms with Crippen LogP contribution < -0.4 is 5.32 Å². The Hall–Kier alpha value is -1.73. The summed E-state index contributed by atoms with van der Waals surface area (Å²) >= 11 is 0. The average molecular weight is 299 g/mol.